The van der Waals surface area contributed by atoms with Gasteiger partial charge in [-0.25, -0.2) is 8.42 Å². The van der Waals surface area contributed by atoms with Crippen molar-refractivity contribution in [1.82, 2.24) is 4.90 Å². The molecule has 0 N–H and O–H groups in total. The number of rotatable bonds is 5. The third-order valence-corrected chi connectivity index (χ3v) is 6.79. The van der Waals surface area contributed by atoms with Crippen molar-refractivity contribution in [3.05, 3.63) is 64.1 Å². The molecule has 0 aliphatic carbocycles. The van der Waals surface area contributed by atoms with Crippen LogP contribution < -0.4 is 4.74 Å². The number of methoxy groups -OCH3 is 1. The van der Waals surface area contributed by atoms with Gasteiger partial charge in [-0.15, -0.1) is 0 Å². The van der Waals surface area contributed by atoms with Gasteiger partial charge in [0.25, 0.3) is 5.91 Å². The molecule has 1 fully saturated rings. The zero-order valence-electron chi connectivity index (χ0n) is 14.4. The zero-order chi connectivity index (χ0) is 18.7. The van der Waals surface area contributed by atoms with E-state index in [4.69, 9.17) is 4.74 Å². The molecule has 1 amide bonds. The van der Waals surface area contributed by atoms with Crippen LogP contribution in [0.1, 0.15) is 22.3 Å². The summed E-state index contributed by atoms with van der Waals surface area (Å²) in [7, 11) is -1.49. The van der Waals surface area contributed by atoms with Gasteiger partial charge in [-0.05, 0) is 48.4 Å². The van der Waals surface area contributed by atoms with E-state index >= 15 is 0 Å². The minimum Gasteiger partial charge on any atom is -0.497 e. The van der Waals surface area contributed by atoms with Gasteiger partial charge in [0.1, 0.15) is 5.75 Å². The highest BCUT2D eigenvalue weighted by Gasteiger charge is 2.35. The van der Waals surface area contributed by atoms with Crippen LogP contribution >= 0.6 is 15.9 Å². The molecule has 0 bridgehead atoms. The topological polar surface area (TPSA) is 63.7 Å². The summed E-state index contributed by atoms with van der Waals surface area (Å²) < 4.78 is 29.9. The van der Waals surface area contributed by atoms with Crippen LogP contribution in [0.15, 0.2) is 53.0 Å². The Morgan fingerprint density at radius 3 is 2.35 bits per heavy atom. The van der Waals surface area contributed by atoms with Crippen molar-refractivity contribution < 1.29 is 17.9 Å². The molecular formula is C19H20BrNO4S. The van der Waals surface area contributed by atoms with Gasteiger partial charge >= 0.3 is 0 Å². The van der Waals surface area contributed by atoms with Crippen molar-refractivity contribution in [3.8, 4) is 5.75 Å². The Labute approximate surface area is 162 Å². The molecule has 26 heavy (non-hydrogen) atoms. The van der Waals surface area contributed by atoms with Crippen LogP contribution in [0.4, 0.5) is 0 Å². The maximum Gasteiger partial charge on any atom is 0.254 e. The van der Waals surface area contributed by atoms with Crippen LogP contribution in [0.3, 0.4) is 0 Å². The first-order chi connectivity index (χ1) is 12.4. The van der Waals surface area contributed by atoms with Gasteiger partial charge in [0.05, 0.1) is 18.6 Å². The van der Waals surface area contributed by atoms with Crippen LogP contribution in [-0.4, -0.2) is 43.9 Å². The molecule has 5 nitrogen and oxygen atoms in total. The van der Waals surface area contributed by atoms with Crippen LogP contribution in [0.2, 0.25) is 0 Å². The third-order valence-electron chi connectivity index (χ3n) is 4.51. The molecule has 7 heteroatoms. The van der Waals surface area contributed by atoms with Crippen molar-refractivity contribution in [2.24, 2.45) is 0 Å². The Morgan fingerprint density at radius 2 is 1.81 bits per heavy atom. The van der Waals surface area contributed by atoms with Crippen molar-refractivity contribution >= 4 is 31.7 Å². The second-order valence-electron chi connectivity index (χ2n) is 6.34. The largest absolute Gasteiger partial charge is 0.497 e. The summed E-state index contributed by atoms with van der Waals surface area (Å²) in [5, 5.41) is 0. The van der Waals surface area contributed by atoms with Crippen LogP contribution in [0.5, 0.6) is 5.75 Å². The van der Waals surface area contributed by atoms with Gasteiger partial charge in [-0.1, -0.05) is 28.1 Å². The molecule has 1 heterocycles. The summed E-state index contributed by atoms with van der Waals surface area (Å²) in [5.74, 6) is 0.730. The Hall–Kier alpha value is -1.86. The maximum atomic E-state index is 13.1. The number of halogens is 1. The van der Waals surface area contributed by atoms with Gasteiger partial charge < -0.3 is 9.64 Å². The van der Waals surface area contributed by atoms with E-state index in [1.807, 2.05) is 36.4 Å². The second-order valence-corrected chi connectivity index (χ2v) is 9.49. The van der Waals surface area contributed by atoms with E-state index in [1.54, 1.807) is 24.1 Å². The highest BCUT2D eigenvalue weighted by molar-refractivity contribution is 9.10. The normalized spacial score (nSPS) is 18.5. The average molecular weight is 438 g/mol. The molecular weight excluding hydrogens is 418 g/mol. The lowest BCUT2D eigenvalue weighted by atomic mass is 10.1. The van der Waals surface area contributed by atoms with Gasteiger partial charge in [0.15, 0.2) is 9.84 Å². The molecule has 1 aliphatic heterocycles. The lowest BCUT2D eigenvalue weighted by molar-refractivity contribution is 0.0681. The number of hydrogen-bond donors (Lipinski definition) is 0. The Bertz CT molecular complexity index is 879. The smallest absolute Gasteiger partial charge is 0.254 e. The van der Waals surface area contributed by atoms with Gasteiger partial charge in [0, 0.05) is 22.6 Å². The standard InChI is InChI=1S/C19H20BrNO4S/c1-25-18-8-2-14(3-9-18)12-21(17-10-11-26(23,24)13-17)19(22)15-4-6-16(20)7-5-15/h2-9,17H,10-13H2,1H3/t17-/m0/s1. The number of sulfone groups is 1. The third kappa shape index (κ3) is 4.45. The molecule has 1 aliphatic rings. The zero-order valence-corrected chi connectivity index (χ0v) is 16.8. The van der Waals surface area contributed by atoms with Gasteiger partial charge in [0.2, 0.25) is 0 Å². The number of hydrogen-bond acceptors (Lipinski definition) is 4. The van der Waals surface area contributed by atoms with E-state index in [1.165, 1.54) is 0 Å². The molecule has 2 aromatic rings. The molecule has 0 aromatic heterocycles. The van der Waals surface area contributed by atoms with E-state index < -0.39 is 9.84 Å². The monoisotopic (exact) mass is 437 g/mol. The average Bonchev–Trinajstić information content (AvgIpc) is 3.00. The first-order valence-corrected chi connectivity index (χ1v) is 10.9. The summed E-state index contributed by atoms with van der Waals surface area (Å²) >= 11 is 3.36. The molecule has 1 atom stereocenters. The minimum absolute atomic E-state index is 0.0193. The first kappa shape index (κ1) is 18.9. The van der Waals surface area contributed by atoms with Gasteiger partial charge in [-0.2, -0.15) is 0 Å². The Balaban J connectivity index is 1.88. The number of amides is 1. The Kier molecular flexibility index (Phi) is 5.67. The predicted molar refractivity (Wildman–Crippen MR) is 104 cm³/mol. The fraction of sp³-hybridized carbons (Fsp3) is 0.316. The lowest BCUT2D eigenvalue weighted by Gasteiger charge is -2.28. The quantitative estimate of drug-likeness (QED) is 0.719. The van der Waals surface area contributed by atoms with E-state index in [0.717, 1.165) is 15.8 Å². The molecule has 0 saturated carbocycles. The lowest BCUT2D eigenvalue weighted by Crippen LogP contribution is -2.40. The maximum absolute atomic E-state index is 13.1. The van der Waals surface area contributed by atoms with E-state index in [-0.39, 0.29) is 23.5 Å². The summed E-state index contributed by atoms with van der Waals surface area (Å²) in [6, 6.07) is 14.3. The van der Waals surface area contributed by atoms with Crippen LogP contribution in [0, 0.1) is 0 Å². The molecule has 2 aromatic carbocycles. The second kappa shape index (κ2) is 7.80. The van der Waals surface area contributed by atoms with Crippen molar-refractivity contribution in [3.63, 3.8) is 0 Å². The molecule has 0 spiro atoms. The van der Waals surface area contributed by atoms with E-state index in [0.29, 0.717) is 18.5 Å². The number of carbonyl (C=O) groups is 1. The fourth-order valence-corrected chi connectivity index (χ4v) is 5.07. The molecule has 138 valence electrons. The van der Waals surface area contributed by atoms with Crippen LogP contribution in [-0.2, 0) is 16.4 Å². The van der Waals surface area contributed by atoms with Crippen molar-refractivity contribution in [1.29, 1.82) is 0 Å². The first-order valence-electron chi connectivity index (χ1n) is 8.28. The molecule has 1 saturated heterocycles. The summed E-state index contributed by atoms with van der Waals surface area (Å²) in [5.41, 5.74) is 1.48. The number of carbonyl (C=O) groups excluding carboxylic acids is 1. The van der Waals surface area contributed by atoms with E-state index in [2.05, 4.69) is 15.9 Å². The molecule has 0 unspecified atom stereocenters. The van der Waals surface area contributed by atoms with Crippen molar-refractivity contribution in [2.45, 2.75) is 19.0 Å². The van der Waals surface area contributed by atoms with Gasteiger partial charge in [-0.3, -0.25) is 4.79 Å². The summed E-state index contributed by atoms with van der Waals surface area (Å²) in [4.78, 5) is 14.7. The summed E-state index contributed by atoms with van der Waals surface area (Å²) in [6.45, 7) is 0.360. The minimum atomic E-state index is -3.09. The predicted octanol–water partition coefficient (Wildman–Crippen LogP) is 3.29. The Morgan fingerprint density at radius 1 is 1.15 bits per heavy atom. The van der Waals surface area contributed by atoms with Crippen LogP contribution in [0.25, 0.3) is 0 Å². The molecule has 0 radical (unpaired) electrons. The fourth-order valence-electron chi connectivity index (χ4n) is 3.07. The van der Waals surface area contributed by atoms with Crippen molar-refractivity contribution in [2.75, 3.05) is 18.6 Å². The number of ether oxygens (including phenoxy) is 1. The molecule has 3 rings (SSSR count). The number of benzene rings is 2. The highest BCUT2D eigenvalue weighted by atomic mass is 79.9. The highest BCUT2D eigenvalue weighted by Crippen LogP contribution is 2.24. The SMILES string of the molecule is COc1ccc(CN(C(=O)c2ccc(Br)cc2)[C@H]2CCS(=O)(=O)C2)cc1. The van der Waals surface area contributed by atoms with E-state index in [9.17, 15) is 13.2 Å². The summed E-state index contributed by atoms with van der Waals surface area (Å²) in [6.07, 6.45) is 0.473. The number of nitrogens with zero attached hydrogens (tertiary/aromatic N) is 1.